The van der Waals surface area contributed by atoms with E-state index in [9.17, 15) is 4.79 Å². The zero-order chi connectivity index (χ0) is 10.8. The molecule has 6 heteroatoms. The van der Waals surface area contributed by atoms with Gasteiger partial charge in [0.2, 0.25) is 0 Å². The van der Waals surface area contributed by atoms with Gasteiger partial charge in [-0.3, -0.25) is 0 Å². The van der Waals surface area contributed by atoms with Gasteiger partial charge in [-0.05, 0) is 12.1 Å². The van der Waals surface area contributed by atoms with Crippen molar-refractivity contribution in [2.24, 2.45) is 0 Å². The topological polar surface area (TPSA) is 56.5 Å². The van der Waals surface area contributed by atoms with Gasteiger partial charge in [0.1, 0.15) is 5.56 Å². The van der Waals surface area contributed by atoms with Gasteiger partial charge < -0.3 is 4.74 Å². The number of carbonyl (C=O) groups excluding carboxylic acids is 1. The Morgan fingerprint density at radius 2 is 2.47 bits per heavy atom. The summed E-state index contributed by atoms with van der Waals surface area (Å²) < 4.78 is 6.14. The SMILES string of the molecule is COC(=O)c1cccn2nc(CCl)nc12. The molecule has 2 aromatic heterocycles. The monoisotopic (exact) mass is 225 g/mol. The van der Waals surface area contributed by atoms with Crippen LogP contribution in [0.2, 0.25) is 0 Å². The van der Waals surface area contributed by atoms with Crippen LogP contribution in [0.25, 0.3) is 5.65 Å². The number of ether oxygens (including phenoxy) is 1. The lowest BCUT2D eigenvalue weighted by atomic mass is 10.3. The number of fused-ring (bicyclic) bond motifs is 1. The fraction of sp³-hybridized carbons (Fsp3) is 0.222. The van der Waals surface area contributed by atoms with Crippen LogP contribution in [0.1, 0.15) is 16.2 Å². The first-order chi connectivity index (χ1) is 7.26. The molecule has 0 saturated heterocycles. The zero-order valence-electron chi connectivity index (χ0n) is 7.98. The highest BCUT2D eigenvalue weighted by atomic mass is 35.5. The van der Waals surface area contributed by atoms with Crippen LogP contribution in [0, 0.1) is 0 Å². The summed E-state index contributed by atoms with van der Waals surface area (Å²) in [4.78, 5) is 15.5. The van der Waals surface area contributed by atoms with Gasteiger partial charge in [-0.15, -0.1) is 16.7 Å². The molecule has 0 spiro atoms. The van der Waals surface area contributed by atoms with Crippen molar-refractivity contribution in [1.29, 1.82) is 0 Å². The maximum absolute atomic E-state index is 11.4. The summed E-state index contributed by atoms with van der Waals surface area (Å²) in [6.07, 6.45) is 1.70. The van der Waals surface area contributed by atoms with E-state index in [1.807, 2.05) is 0 Å². The molecule has 0 atom stereocenters. The molecule has 0 unspecified atom stereocenters. The first-order valence-corrected chi connectivity index (χ1v) is 4.78. The molecule has 0 saturated carbocycles. The number of carbonyl (C=O) groups is 1. The van der Waals surface area contributed by atoms with E-state index in [1.54, 1.807) is 18.3 Å². The van der Waals surface area contributed by atoms with Gasteiger partial charge in [0.25, 0.3) is 0 Å². The van der Waals surface area contributed by atoms with Crippen molar-refractivity contribution in [1.82, 2.24) is 14.6 Å². The molecule has 0 radical (unpaired) electrons. The van der Waals surface area contributed by atoms with E-state index in [-0.39, 0.29) is 5.88 Å². The predicted octanol–water partition coefficient (Wildman–Crippen LogP) is 1.25. The molecule has 78 valence electrons. The summed E-state index contributed by atoms with van der Waals surface area (Å²) in [7, 11) is 1.32. The molecule has 0 N–H and O–H groups in total. The highest BCUT2D eigenvalue weighted by Crippen LogP contribution is 2.10. The van der Waals surface area contributed by atoms with Gasteiger partial charge in [-0.25, -0.2) is 14.3 Å². The number of pyridine rings is 1. The molecule has 0 amide bonds. The largest absolute Gasteiger partial charge is 0.465 e. The second kappa shape index (κ2) is 3.86. The average molecular weight is 226 g/mol. The third-order valence-electron chi connectivity index (χ3n) is 1.93. The highest BCUT2D eigenvalue weighted by Gasteiger charge is 2.13. The molecule has 0 fully saturated rings. The Morgan fingerprint density at radius 3 is 3.13 bits per heavy atom. The molecule has 0 aliphatic rings. The second-order valence-corrected chi connectivity index (χ2v) is 3.11. The molecule has 2 heterocycles. The van der Waals surface area contributed by atoms with E-state index >= 15 is 0 Å². The number of halogens is 1. The molecule has 5 nitrogen and oxygen atoms in total. The van der Waals surface area contributed by atoms with Crippen LogP contribution in [0.5, 0.6) is 0 Å². The first kappa shape index (κ1) is 9.92. The van der Waals surface area contributed by atoms with Crippen molar-refractivity contribution in [3.05, 3.63) is 29.7 Å². The van der Waals surface area contributed by atoms with E-state index in [1.165, 1.54) is 11.6 Å². The molecule has 0 aliphatic heterocycles. The number of hydrogen-bond acceptors (Lipinski definition) is 4. The molecule has 0 aliphatic carbocycles. The maximum Gasteiger partial charge on any atom is 0.341 e. The van der Waals surface area contributed by atoms with Gasteiger partial charge in [0.05, 0.1) is 13.0 Å². The van der Waals surface area contributed by atoms with Crippen LogP contribution >= 0.6 is 11.6 Å². The number of esters is 1. The standard InChI is InChI=1S/C9H8ClN3O2/c1-15-9(14)6-3-2-4-13-8(6)11-7(5-10)12-13/h2-4H,5H2,1H3. The predicted molar refractivity (Wildman–Crippen MR) is 53.9 cm³/mol. The molecule has 2 aromatic rings. The van der Waals surface area contributed by atoms with E-state index in [2.05, 4.69) is 14.8 Å². The zero-order valence-corrected chi connectivity index (χ0v) is 8.73. The van der Waals surface area contributed by atoms with Gasteiger partial charge in [0, 0.05) is 6.20 Å². The summed E-state index contributed by atoms with van der Waals surface area (Å²) >= 11 is 5.61. The Kier molecular flexibility index (Phi) is 2.55. The fourth-order valence-corrected chi connectivity index (χ4v) is 1.39. The van der Waals surface area contributed by atoms with Crippen molar-refractivity contribution in [2.45, 2.75) is 5.88 Å². The Labute approximate surface area is 90.6 Å². The van der Waals surface area contributed by atoms with Crippen LogP contribution in [0.15, 0.2) is 18.3 Å². The Morgan fingerprint density at radius 1 is 1.67 bits per heavy atom. The minimum absolute atomic E-state index is 0.211. The molecule has 0 bridgehead atoms. The first-order valence-electron chi connectivity index (χ1n) is 4.25. The Bertz CT molecular complexity index is 509. The third-order valence-corrected chi connectivity index (χ3v) is 2.17. The van der Waals surface area contributed by atoms with E-state index in [4.69, 9.17) is 11.6 Å². The van der Waals surface area contributed by atoms with Crippen molar-refractivity contribution < 1.29 is 9.53 Å². The summed E-state index contributed by atoms with van der Waals surface area (Å²) in [5, 5.41) is 4.07. The van der Waals surface area contributed by atoms with E-state index < -0.39 is 5.97 Å². The second-order valence-electron chi connectivity index (χ2n) is 2.84. The van der Waals surface area contributed by atoms with Crippen LogP contribution in [0.3, 0.4) is 0 Å². The Hall–Kier alpha value is -1.62. The molecular formula is C9H8ClN3O2. The Balaban J connectivity index is 2.64. The highest BCUT2D eigenvalue weighted by molar-refractivity contribution is 6.16. The summed E-state index contributed by atoms with van der Waals surface area (Å²) in [5.74, 6) is 0.254. The lowest BCUT2D eigenvalue weighted by Crippen LogP contribution is -2.04. The summed E-state index contributed by atoms with van der Waals surface area (Å²) in [5.41, 5.74) is 0.837. The average Bonchev–Trinajstić information content (AvgIpc) is 2.70. The normalized spacial score (nSPS) is 10.5. The van der Waals surface area contributed by atoms with E-state index in [0.29, 0.717) is 17.0 Å². The van der Waals surface area contributed by atoms with E-state index in [0.717, 1.165) is 0 Å². The molecular weight excluding hydrogens is 218 g/mol. The minimum atomic E-state index is -0.436. The quantitative estimate of drug-likeness (QED) is 0.570. The smallest absolute Gasteiger partial charge is 0.341 e. The molecule has 15 heavy (non-hydrogen) atoms. The van der Waals surface area contributed by atoms with Gasteiger partial charge in [-0.1, -0.05) is 0 Å². The van der Waals surface area contributed by atoms with Crippen molar-refractivity contribution in [2.75, 3.05) is 7.11 Å². The van der Waals surface area contributed by atoms with Crippen LogP contribution in [-0.2, 0) is 10.6 Å². The van der Waals surface area contributed by atoms with Gasteiger partial charge in [-0.2, -0.15) is 0 Å². The lowest BCUT2D eigenvalue weighted by molar-refractivity contribution is 0.0602. The summed E-state index contributed by atoms with van der Waals surface area (Å²) in [6.45, 7) is 0. The number of nitrogens with zero attached hydrogens (tertiary/aromatic N) is 3. The van der Waals surface area contributed by atoms with Crippen molar-refractivity contribution >= 4 is 23.2 Å². The molecule has 0 aromatic carbocycles. The van der Waals surface area contributed by atoms with Crippen LogP contribution in [0.4, 0.5) is 0 Å². The van der Waals surface area contributed by atoms with Crippen LogP contribution in [-0.4, -0.2) is 27.7 Å². The number of rotatable bonds is 2. The van der Waals surface area contributed by atoms with Crippen LogP contribution < -0.4 is 0 Å². The molecule has 2 rings (SSSR count). The minimum Gasteiger partial charge on any atom is -0.465 e. The number of alkyl halides is 1. The number of methoxy groups -OCH3 is 1. The van der Waals surface area contributed by atoms with Crippen molar-refractivity contribution in [3.63, 3.8) is 0 Å². The third kappa shape index (κ3) is 1.66. The fourth-order valence-electron chi connectivity index (χ4n) is 1.28. The summed E-state index contributed by atoms with van der Waals surface area (Å²) in [6, 6.07) is 3.33. The lowest BCUT2D eigenvalue weighted by Gasteiger charge is -1.99. The number of aromatic nitrogens is 3. The van der Waals surface area contributed by atoms with Crippen molar-refractivity contribution in [3.8, 4) is 0 Å². The van der Waals surface area contributed by atoms with Gasteiger partial charge >= 0.3 is 5.97 Å². The van der Waals surface area contributed by atoms with Gasteiger partial charge in [0.15, 0.2) is 11.5 Å². The maximum atomic E-state index is 11.4. The number of hydrogen-bond donors (Lipinski definition) is 0.